The first-order chi connectivity index (χ1) is 20.7. The smallest absolute Gasteiger partial charge is 0.200 e. The molecular formula is C38H50O7. The van der Waals surface area contributed by atoms with E-state index >= 15 is 9.59 Å². The van der Waals surface area contributed by atoms with E-state index in [4.69, 9.17) is 4.74 Å². The van der Waals surface area contributed by atoms with Gasteiger partial charge in [0.05, 0.1) is 16.4 Å². The highest BCUT2D eigenvalue weighted by Gasteiger charge is 2.76. The summed E-state index contributed by atoms with van der Waals surface area (Å²) >= 11 is 0. The van der Waals surface area contributed by atoms with Gasteiger partial charge >= 0.3 is 0 Å². The first kappa shape index (κ1) is 34.4. The number of phenols is 2. The fourth-order valence-electron chi connectivity index (χ4n) is 7.83. The molecule has 1 aliphatic heterocycles. The van der Waals surface area contributed by atoms with Gasteiger partial charge in [-0.25, -0.2) is 0 Å². The highest BCUT2D eigenvalue weighted by molar-refractivity contribution is 6.35. The van der Waals surface area contributed by atoms with E-state index < -0.39 is 51.0 Å². The van der Waals surface area contributed by atoms with Crippen molar-refractivity contribution < 1.29 is 34.4 Å². The zero-order chi connectivity index (χ0) is 33.9. The topological polar surface area (TPSA) is 121 Å². The van der Waals surface area contributed by atoms with Crippen LogP contribution in [0.5, 0.6) is 11.5 Å². The number of aromatic hydroxyl groups is 2. The minimum absolute atomic E-state index is 0.00758. The van der Waals surface area contributed by atoms with Crippen LogP contribution in [0.2, 0.25) is 0 Å². The van der Waals surface area contributed by atoms with E-state index in [0.29, 0.717) is 19.3 Å². The van der Waals surface area contributed by atoms with E-state index in [2.05, 4.69) is 19.2 Å². The van der Waals surface area contributed by atoms with Crippen molar-refractivity contribution in [2.75, 3.05) is 0 Å². The molecule has 1 saturated carbocycles. The van der Waals surface area contributed by atoms with Crippen LogP contribution in [0.3, 0.4) is 0 Å². The van der Waals surface area contributed by atoms with Gasteiger partial charge < -0.3 is 20.1 Å². The van der Waals surface area contributed by atoms with Crippen LogP contribution in [-0.2, 0) is 14.3 Å². The fourth-order valence-corrected chi connectivity index (χ4v) is 7.83. The lowest BCUT2D eigenvalue weighted by Gasteiger charge is -2.59. The summed E-state index contributed by atoms with van der Waals surface area (Å²) in [4.78, 5) is 44.9. The molecule has 1 aromatic carbocycles. The number of hydrogen-bond acceptors (Lipinski definition) is 7. The van der Waals surface area contributed by atoms with Crippen molar-refractivity contribution in [1.29, 1.82) is 0 Å². The lowest BCUT2D eigenvalue weighted by atomic mass is 9.40. The third kappa shape index (κ3) is 5.62. The molecule has 2 fully saturated rings. The molecule has 0 aromatic heterocycles. The van der Waals surface area contributed by atoms with Crippen molar-refractivity contribution in [3.8, 4) is 11.5 Å². The lowest BCUT2D eigenvalue weighted by Crippen LogP contribution is -2.66. The molecule has 3 N–H and O–H groups in total. The number of carbonyl (C=O) groups excluding carboxylic acids is 3. The molecule has 1 saturated heterocycles. The summed E-state index contributed by atoms with van der Waals surface area (Å²) in [6.07, 6.45) is 3.89. The van der Waals surface area contributed by atoms with Gasteiger partial charge in [0, 0.05) is 12.0 Å². The Morgan fingerprint density at radius 2 is 1.73 bits per heavy atom. The summed E-state index contributed by atoms with van der Waals surface area (Å²) in [5.41, 5.74) is -2.26. The second-order valence-electron chi connectivity index (χ2n) is 15.2. The van der Waals surface area contributed by atoms with Gasteiger partial charge in [0.1, 0.15) is 17.4 Å². The summed E-state index contributed by atoms with van der Waals surface area (Å²) in [5.74, 6) is -2.67. The number of fused-ring (bicyclic) bond motifs is 1. The molecule has 7 heteroatoms. The standard InChI is InChI=1S/C38H50O7/c1-21(2)11-13-25(23(5)6)18-37-19-26(15-12-22(3)4)35(7,8)38(34(37)43)20-29(36(9,10)44)45-33(38)30(32(37)42)31(41)24-14-16-27(39)28(40)17-24/h12,14,16-17,25-26,29,39-40,44H,1,5,11,13,15,18-20H2,2-4,6-10H3/t25?,26-,29-,37-,38+/m0/s1. The second kappa shape index (κ2) is 11.7. The van der Waals surface area contributed by atoms with Crippen LogP contribution in [0.25, 0.3) is 0 Å². The lowest BCUT2D eigenvalue weighted by molar-refractivity contribution is -0.167. The van der Waals surface area contributed by atoms with E-state index in [9.17, 15) is 20.1 Å². The summed E-state index contributed by atoms with van der Waals surface area (Å²) in [5, 5.41) is 31.4. The van der Waals surface area contributed by atoms with Crippen LogP contribution < -0.4 is 0 Å². The Hall–Kier alpha value is -3.45. The average Bonchev–Trinajstić information content (AvgIpc) is 3.34. The molecule has 0 amide bonds. The van der Waals surface area contributed by atoms with Crippen molar-refractivity contribution >= 4 is 17.3 Å². The number of allylic oxidation sites excluding steroid dienone is 6. The summed E-state index contributed by atoms with van der Waals surface area (Å²) < 4.78 is 6.45. The zero-order valence-electron chi connectivity index (χ0n) is 28.2. The molecule has 1 heterocycles. The molecule has 1 spiro atoms. The number of ketones is 3. The Balaban J connectivity index is 2.06. The molecule has 5 atom stereocenters. The van der Waals surface area contributed by atoms with Crippen LogP contribution in [0, 0.1) is 28.1 Å². The van der Waals surface area contributed by atoms with Crippen LogP contribution in [0.15, 0.2) is 65.5 Å². The fraction of sp³-hybridized carbons (Fsp3) is 0.553. The first-order valence-corrected chi connectivity index (χ1v) is 15.9. The Labute approximate surface area is 267 Å². The minimum Gasteiger partial charge on any atom is -0.504 e. The minimum atomic E-state index is -1.53. The number of carbonyl (C=O) groups is 3. The zero-order valence-corrected chi connectivity index (χ0v) is 28.2. The van der Waals surface area contributed by atoms with Gasteiger partial charge in [0.15, 0.2) is 28.8 Å². The van der Waals surface area contributed by atoms with Crippen molar-refractivity contribution in [3.05, 3.63) is 71.0 Å². The van der Waals surface area contributed by atoms with Crippen molar-refractivity contribution in [3.63, 3.8) is 0 Å². The number of benzene rings is 1. The first-order valence-electron chi connectivity index (χ1n) is 15.9. The largest absolute Gasteiger partial charge is 0.504 e. The van der Waals surface area contributed by atoms with Crippen molar-refractivity contribution in [2.24, 2.45) is 28.1 Å². The molecule has 0 radical (unpaired) electrons. The highest BCUT2D eigenvalue weighted by Crippen LogP contribution is 2.70. The number of rotatable bonds is 11. The highest BCUT2D eigenvalue weighted by atomic mass is 16.5. The van der Waals surface area contributed by atoms with Gasteiger partial charge in [-0.05, 0) is 109 Å². The van der Waals surface area contributed by atoms with Gasteiger partial charge in [0.25, 0.3) is 0 Å². The molecule has 2 bridgehead atoms. The number of phenolic OH excluding ortho intramolecular Hbond substituents is 2. The van der Waals surface area contributed by atoms with Crippen molar-refractivity contribution in [1.82, 2.24) is 0 Å². The normalized spacial score (nSPS) is 27.8. The SMILES string of the molecule is C=C(C)CCC(C[C@]12C[C@H](CC=C(C)C)C(C)(C)[C@@]3(C[C@@H](C(C)(C)O)OC3=C(C(=O)c3ccc(O)c(O)c3)C1=O)C2=O)C(=C)C. The third-order valence-electron chi connectivity index (χ3n) is 10.8. The maximum atomic E-state index is 15.4. The van der Waals surface area contributed by atoms with Gasteiger partial charge in [-0.1, -0.05) is 43.2 Å². The van der Waals surface area contributed by atoms with E-state index in [1.165, 1.54) is 12.1 Å². The van der Waals surface area contributed by atoms with Crippen molar-refractivity contribution in [2.45, 2.75) is 106 Å². The molecule has 7 nitrogen and oxygen atoms in total. The molecule has 1 unspecified atom stereocenters. The third-order valence-corrected chi connectivity index (χ3v) is 10.8. The summed E-state index contributed by atoms with van der Waals surface area (Å²) in [6, 6.07) is 3.67. The maximum absolute atomic E-state index is 15.4. The molecule has 2 aliphatic carbocycles. The van der Waals surface area contributed by atoms with E-state index in [1.807, 2.05) is 41.5 Å². The Morgan fingerprint density at radius 1 is 1.09 bits per heavy atom. The van der Waals surface area contributed by atoms with E-state index in [-0.39, 0.29) is 53.8 Å². The quantitative estimate of drug-likeness (QED) is 0.0769. The maximum Gasteiger partial charge on any atom is 0.200 e. The second-order valence-corrected chi connectivity index (χ2v) is 15.2. The predicted molar refractivity (Wildman–Crippen MR) is 175 cm³/mol. The van der Waals surface area contributed by atoms with Gasteiger partial charge in [0.2, 0.25) is 0 Å². The van der Waals surface area contributed by atoms with E-state index in [0.717, 1.165) is 22.8 Å². The molecule has 45 heavy (non-hydrogen) atoms. The Morgan fingerprint density at radius 3 is 2.27 bits per heavy atom. The number of Topliss-reactive ketones (excluding diaryl/α,β-unsaturated/α-hetero) is 3. The molecular weight excluding hydrogens is 568 g/mol. The number of hydrogen-bond donors (Lipinski definition) is 3. The molecule has 4 rings (SSSR count). The average molecular weight is 619 g/mol. The van der Waals surface area contributed by atoms with Crippen LogP contribution in [0.1, 0.15) is 104 Å². The number of ether oxygens (including phenoxy) is 1. The molecule has 1 aromatic rings. The van der Waals surface area contributed by atoms with Gasteiger partial charge in [-0.15, -0.1) is 6.58 Å². The predicted octanol–water partition coefficient (Wildman–Crippen LogP) is 7.56. The monoisotopic (exact) mass is 618 g/mol. The van der Waals surface area contributed by atoms with Crippen LogP contribution >= 0.6 is 0 Å². The van der Waals surface area contributed by atoms with Gasteiger partial charge in [-0.3, -0.25) is 14.4 Å². The van der Waals surface area contributed by atoms with Gasteiger partial charge in [-0.2, -0.15) is 0 Å². The Kier molecular flexibility index (Phi) is 8.97. The number of aliphatic hydroxyl groups is 1. The van der Waals surface area contributed by atoms with Crippen LogP contribution in [-0.4, -0.2) is 44.4 Å². The molecule has 244 valence electrons. The summed E-state index contributed by atoms with van der Waals surface area (Å²) in [7, 11) is 0. The van der Waals surface area contributed by atoms with E-state index in [1.54, 1.807) is 13.8 Å². The van der Waals surface area contributed by atoms with Crippen LogP contribution in [0.4, 0.5) is 0 Å². The summed E-state index contributed by atoms with van der Waals surface area (Å²) in [6.45, 7) is 23.5. The Bertz CT molecular complexity index is 1510. The molecule has 3 aliphatic rings.